The fraction of sp³-hybridized carbons (Fsp3) is 0.545. The molecule has 2 aromatic rings. The molecule has 0 spiro atoms. The van der Waals surface area contributed by atoms with Gasteiger partial charge >= 0.3 is 28.9 Å². The monoisotopic (exact) mass is 521 g/mol. The van der Waals surface area contributed by atoms with E-state index < -0.39 is 60.3 Å². The molecule has 0 saturated carbocycles. The molecule has 180 valence electrons. The fourth-order valence-corrected chi connectivity index (χ4v) is 6.10. The van der Waals surface area contributed by atoms with Crippen molar-refractivity contribution in [2.75, 3.05) is 18.7 Å². The number of nitrogens with one attached hydrogen (secondary N) is 1. The van der Waals surface area contributed by atoms with Crippen LogP contribution in [-0.2, 0) is 31.8 Å². The molecule has 1 fully saturated rings. The number of nitrogen functional groups attached to an aromatic ring is 1. The third kappa shape index (κ3) is 6.29. The standard InChI is InChI=1S/C11H18N5O13P3/c12-9-8-10(15-11(18)14-9)16(3-13-8)7-1-5(17)6(27-7)2-26-4-30(19,20)28-32(24,25)29-31(21,22)23/h3,5-7,17H,1-2,4H2,(H,19,20)(H,24,25)(H2,21,22,23)(H3,12,14,15,18)/t5-,6+,7+/m0/s1. The molecule has 0 aliphatic carbocycles. The van der Waals surface area contributed by atoms with Crippen molar-refractivity contribution in [3.05, 3.63) is 16.8 Å². The Labute approximate surface area is 177 Å². The normalized spacial score (nSPS) is 25.6. The van der Waals surface area contributed by atoms with Crippen molar-refractivity contribution in [3.8, 4) is 0 Å². The largest absolute Gasteiger partial charge is 0.488 e. The number of aromatic amines is 1. The van der Waals surface area contributed by atoms with E-state index in [4.69, 9.17) is 29.9 Å². The number of hydrogen-bond acceptors (Lipinski definition) is 12. The van der Waals surface area contributed by atoms with Crippen LogP contribution in [0.5, 0.6) is 0 Å². The number of nitrogens with zero attached hydrogens (tertiary/aromatic N) is 3. The topological polar surface area (TPSA) is 279 Å². The zero-order chi connectivity index (χ0) is 23.9. The Morgan fingerprint density at radius 3 is 2.59 bits per heavy atom. The maximum atomic E-state index is 11.8. The van der Waals surface area contributed by atoms with E-state index in [9.17, 15) is 28.5 Å². The number of aromatic nitrogens is 4. The second kappa shape index (κ2) is 9.02. The van der Waals surface area contributed by atoms with Crippen molar-refractivity contribution >= 4 is 40.2 Å². The lowest BCUT2D eigenvalue weighted by molar-refractivity contribution is -0.0563. The van der Waals surface area contributed by atoms with Crippen LogP contribution in [0.4, 0.5) is 5.82 Å². The lowest BCUT2D eigenvalue weighted by Gasteiger charge is -2.18. The third-order valence-corrected chi connectivity index (χ3v) is 7.99. The van der Waals surface area contributed by atoms with Crippen LogP contribution >= 0.6 is 23.2 Å². The minimum absolute atomic E-state index is 0.00310. The number of rotatable bonds is 9. The second-order valence-electron chi connectivity index (χ2n) is 6.47. The molecule has 0 bridgehead atoms. The minimum atomic E-state index is -5.58. The van der Waals surface area contributed by atoms with E-state index in [0.717, 1.165) is 0 Å². The van der Waals surface area contributed by atoms with Crippen LogP contribution in [-0.4, -0.2) is 69.4 Å². The Morgan fingerprint density at radius 2 is 1.94 bits per heavy atom. The van der Waals surface area contributed by atoms with Crippen LogP contribution in [0, 0.1) is 0 Å². The predicted octanol–water partition coefficient (Wildman–Crippen LogP) is -1.26. The number of fused-ring (bicyclic) bond motifs is 1. The summed E-state index contributed by atoms with van der Waals surface area (Å²) in [6.45, 7) is -0.483. The Bertz CT molecular complexity index is 1190. The van der Waals surface area contributed by atoms with E-state index in [2.05, 4.69) is 23.6 Å². The molecular formula is C11H18N5O13P3. The van der Waals surface area contributed by atoms with Crippen molar-refractivity contribution in [2.24, 2.45) is 0 Å². The molecule has 5 atom stereocenters. The zero-order valence-corrected chi connectivity index (χ0v) is 18.4. The molecule has 1 aliphatic rings. The van der Waals surface area contributed by atoms with Gasteiger partial charge in [-0.25, -0.2) is 23.2 Å². The molecular weight excluding hydrogens is 503 g/mol. The molecule has 21 heteroatoms. The average Bonchev–Trinajstić information content (AvgIpc) is 3.15. The Kier molecular flexibility index (Phi) is 7.08. The minimum Gasteiger partial charge on any atom is -0.390 e. The smallest absolute Gasteiger partial charge is 0.390 e. The number of aliphatic hydroxyl groups excluding tert-OH is 1. The zero-order valence-electron chi connectivity index (χ0n) is 15.7. The van der Waals surface area contributed by atoms with Crippen LogP contribution in [0.2, 0.25) is 0 Å². The van der Waals surface area contributed by atoms with E-state index in [0.29, 0.717) is 0 Å². The summed E-state index contributed by atoms with van der Waals surface area (Å²) < 4.78 is 52.9. The van der Waals surface area contributed by atoms with E-state index >= 15 is 0 Å². The van der Waals surface area contributed by atoms with Gasteiger partial charge in [0.25, 0.3) is 0 Å². The van der Waals surface area contributed by atoms with Gasteiger partial charge in [-0.1, -0.05) is 0 Å². The highest BCUT2D eigenvalue weighted by Gasteiger charge is 2.41. The van der Waals surface area contributed by atoms with Gasteiger partial charge in [-0.05, 0) is 0 Å². The molecule has 0 amide bonds. The molecule has 3 heterocycles. The second-order valence-corrected chi connectivity index (χ2v) is 11.2. The van der Waals surface area contributed by atoms with Crippen LogP contribution in [0.1, 0.15) is 12.6 Å². The molecule has 2 unspecified atom stereocenters. The van der Waals surface area contributed by atoms with Crippen molar-refractivity contribution in [3.63, 3.8) is 0 Å². The first-order chi connectivity index (χ1) is 14.7. The quantitative estimate of drug-likeness (QED) is 0.189. The van der Waals surface area contributed by atoms with E-state index in [-0.39, 0.29) is 23.4 Å². The molecule has 8 N–H and O–H groups in total. The summed E-state index contributed by atoms with van der Waals surface area (Å²) >= 11 is 0. The number of phosphoric acid groups is 2. The lowest BCUT2D eigenvalue weighted by Crippen LogP contribution is -2.26. The number of ether oxygens (including phenoxy) is 2. The van der Waals surface area contributed by atoms with Gasteiger partial charge in [0.15, 0.2) is 5.65 Å². The van der Waals surface area contributed by atoms with E-state index in [1.54, 1.807) is 0 Å². The first-order valence-corrected chi connectivity index (χ1v) is 13.2. The van der Waals surface area contributed by atoms with Crippen LogP contribution in [0.15, 0.2) is 11.1 Å². The van der Waals surface area contributed by atoms with Gasteiger partial charge in [-0.2, -0.15) is 9.29 Å². The van der Waals surface area contributed by atoms with Crippen molar-refractivity contribution < 1.29 is 56.5 Å². The molecule has 0 radical (unpaired) electrons. The average molecular weight is 521 g/mol. The number of anilines is 1. The summed E-state index contributed by atoms with van der Waals surface area (Å²) in [5, 5.41) is 10.2. The summed E-state index contributed by atoms with van der Waals surface area (Å²) in [6, 6.07) is 0. The third-order valence-electron chi connectivity index (χ3n) is 3.96. The fourth-order valence-electron chi connectivity index (χ4n) is 2.82. The van der Waals surface area contributed by atoms with Gasteiger partial charge in [-0.3, -0.25) is 14.1 Å². The number of H-pyrrole nitrogens is 1. The summed E-state index contributed by atoms with van der Waals surface area (Å²) in [7, 11) is -16.1. The Balaban J connectivity index is 1.59. The highest BCUT2D eigenvalue weighted by atomic mass is 31.3. The Morgan fingerprint density at radius 1 is 1.25 bits per heavy atom. The van der Waals surface area contributed by atoms with Gasteiger partial charge in [0.05, 0.1) is 19.0 Å². The van der Waals surface area contributed by atoms with Crippen molar-refractivity contribution in [1.82, 2.24) is 19.5 Å². The van der Waals surface area contributed by atoms with Crippen LogP contribution in [0.3, 0.4) is 0 Å². The highest BCUT2D eigenvalue weighted by Crippen LogP contribution is 2.65. The number of hydrogen-bond donors (Lipinski definition) is 7. The first kappa shape index (κ1) is 25.1. The summed E-state index contributed by atoms with van der Waals surface area (Å²) in [6.07, 6.45) is -2.91. The number of nitrogens with two attached hydrogens (primary N) is 1. The maximum absolute atomic E-state index is 11.8. The van der Waals surface area contributed by atoms with Crippen LogP contribution < -0.4 is 11.4 Å². The molecule has 0 aromatic carbocycles. The molecule has 2 aromatic heterocycles. The number of imidazole rings is 1. The molecule has 32 heavy (non-hydrogen) atoms. The van der Waals surface area contributed by atoms with E-state index in [1.165, 1.54) is 10.9 Å². The van der Waals surface area contributed by atoms with Crippen molar-refractivity contribution in [2.45, 2.75) is 24.9 Å². The van der Waals surface area contributed by atoms with Gasteiger partial charge < -0.3 is 39.9 Å². The summed E-state index contributed by atoms with van der Waals surface area (Å²) in [5.74, 6) is -0.0141. The molecule has 18 nitrogen and oxygen atoms in total. The Hall–Kier alpha value is -1.52. The van der Waals surface area contributed by atoms with Gasteiger partial charge in [-0.15, -0.1) is 0 Å². The van der Waals surface area contributed by atoms with E-state index in [1.807, 2.05) is 0 Å². The predicted molar refractivity (Wildman–Crippen MR) is 102 cm³/mol. The van der Waals surface area contributed by atoms with Crippen molar-refractivity contribution in [1.29, 1.82) is 0 Å². The summed E-state index contributed by atoms with van der Waals surface area (Å²) in [4.78, 5) is 57.3. The molecule has 3 rings (SSSR count). The maximum Gasteiger partial charge on any atom is 0.488 e. The van der Waals surface area contributed by atoms with Gasteiger partial charge in [0, 0.05) is 6.42 Å². The van der Waals surface area contributed by atoms with Gasteiger partial charge in [0.1, 0.15) is 30.0 Å². The van der Waals surface area contributed by atoms with Crippen LogP contribution in [0.25, 0.3) is 11.2 Å². The summed E-state index contributed by atoms with van der Waals surface area (Å²) in [5.41, 5.74) is 5.25. The first-order valence-electron chi connectivity index (χ1n) is 8.42. The van der Waals surface area contributed by atoms with Gasteiger partial charge in [0.2, 0.25) is 0 Å². The lowest BCUT2D eigenvalue weighted by atomic mass is 10.2. The number of aliphatic hydroxyl groups is 1. The molecule has 1 saturated heterocycles. The molecule has 1 aliphatic heterocycles. The SMILES string of the molecule is Nc1[nH]c(=O)nc2c1ncn2[C@H]1C[C@H](O)[C@@H](COCP(=O)(O)OP(=O)(O)OP(=O)(O)O)O1. The highest BCUT2D eigenvalue weighted by molar-refractivity contribution is 7.68.